The van der Waals surface area contributed by atoms with Crippen LogP contribution in [-0.2, 0) is 0 Å². The number of hydrogen-bond donors (Lipinski definition) is 4. The fraction of sp³-hybridized carbons (Fsp3) is 0.556. The lowest BCUT2D eigenvalue weighted by Crippen LogP contribution is -2.30. The topological polar surface area (TPSA) is 86.7 Å². The molecule has 5 nitrogen and oxygen atoms in total. The van der Waals surface area contributed by atoms with Crippen molar-refractivity contribution in [3.8, 4) is 0 Å². The summed E-state index contributed by atoms with van der Waals surface area (Å²) in [6, 6.07) is 0. The minimum absolute atomic E-state index is 0.150. The molecule has 0 unspecified atom stereocenters. The largest absolute Gasteiger partial charge is 0.385 e. The third-order valence-electron chi connectivity index (χ3n) is 2.76. The maximum atomic E-state index is 11.7. The number of piperidine rings is 1. The smallest absolute Gasteiger partial charge is 0.257 e. The Kier molecular flexibility index (Phi) is 2.88. The summed E-state index contributed by atoms with van der Waals surface area (Å²) in [7, 11) is 0. The molecule has 1 aromatic heterocycles. The van der Waals surface area contributed by atoms with E-state index in [4.69, 9.17) is 18.0 Å². The molecule has 0 bridgehead atoms. The molecule has 0 radical (unpaired) electrons. The monoisotopic (exact) mass is 226 g/mol. The number of H-pyrrole nitrogens is 2. The second-order valence-electron chi connectivity index (χ2n) is 3.76. The number of hydrogen-bond acceptors (Lipinski definition) is 4. The minimum Gasteiger partial charge on any atom is -0.385 e. The second-order valence-corrected chi connectivity index (χ2v) is 4.17. The van der Waals surface area contributed by atoms with E-state index in [2.05, 4.69) is 15.3 Å². The Balaban J connectivity index is 2.42. The first-order chi connectivity index (χ1) is 7.18. The van der Waals surface area contributed by atoms with Crippen molar-refractivity contribution in [1.29, 1.82) is 0 Å². The van der Waals surface area contributed by atoms with E-state index in [0.717, 1.165) is 25.9 Å². The van der Waals surface area contributed by atoms with Crippen molar-refractivity contribution >= 4 is 18.0 Å². The first-order valence-corrected chi connectivity index (χ1v) is 5.42. The quantitative estimate of drug-likeness (QED) is 0.525. The minimum atomic E-state index is -0.150. The highest BCUT2D eigenvalue weighted by Crippen LogP contribution is 2.25. The van der Waals surface area contributed by atoms with Gasteiger partial charge in [-0.1, -0.05) is 0 Å². The Morgan fingerprint density at radius 2 is 1.93 bits per heavy atom. The van der Waals surface area contributed by atoms with Crippen molar-refractivity contribution in [3.05, 3.63) is 20.7 Å². The van der Waals surface area contributed by atoms with Crippen molar-refractivity contribution in [2.24, 2.45) is 0 Å². The number of nitrogens with one attached hydrogen (secondary N) is 3. The van der Waals surface area contributed by atoms with Gasteiger partial charge in [-0.25, -0.2) is 0 Å². The molecule has 1 aliphatic rings. The van der Waals surface area contributed by atoms with Crippen LogP contribution in [0.4, 0.5) is 5.82 Å². The first kappa shape index (κ1) is 10.4. The van der Waals surface area contributed by atoms with Crippen LogP contribution in [-0.4, -0.2) is 23.1 Å². The van der Waals surface area contributed by atoms with Crippen molar-refractivity contribution in [2.75, 3.05) is 18.8 Å². The maximum Gasteiger partial charge on any atom is 0.257 e. The average molecular weight is 226 g/mol. The molecule has 5 N–H and O–H groups in total. The molecular weight excluding hydrogens is 212 g/mol. The summed E-state index contributed by atoms with van der Waals surface area (Å²) >= 11 is 4.84. The Hall–Kier alpha value is -1.14. The number of nitrogen functional groups attached to an aromatic ring is 1. The third-order valence-corrected chi connectivity index (χ3v) is 2.96. The molecule has 1 aliphatic heterocycles. The van der Waals surface area contributed by atoms with Gasteiger partial charge in [0.15, 0.2) is 4.77 Å². The predicted octanol–water partition coefficient (Wildman–Crippen LogP) is 0.482. The van der Waals surface area contributed by atoms with Crippen LogP contribution < -0.4 is 16.6 Å². The second kappa shape index (κ2) is 4.16. The maximum absolute atomic E-state index is 11.7. The normalized spacial score (nSPS) is 17.9. The highest BCUT2D eigenvalue weighted by Gasteiger charge is 2.20. The molecule has 0 spiro atoms. The molecule has 0 amide bonds. The van der Waals surface area contributed by atoms with Gasteiger partial charge in [-0.3, -0.25) is 9.78 Å². The molecule has 82 valence electrons. The van der Waals surface area contributed by atoms with Gasteiger partial charge in [-0.2, -0.15) is 0 Å². The van der Waals surface area contributed by atoms with Crippen LogP contribution in [0.15, 0.2) is 4.79 Å². The summed E-state index contributed by atoms with van der Waals surface area (Å²) < 4.78 is 0.287. The lowest BCUT2D eigenvalue weighted by molar-refractivity contribution is 0.457. The first-order valence-electron chi connectivity index (χ1n) is 5.01. The summed E-state index contributed by atoms with van der Waals surface area (Å²) in [5, 5.41) is 3.25. The number of rotatable bonds is 1. The van der Waals surface area contributed by atoms with E-state index in [9.17, 15) is 4.79 Å². The number of aromatic nitrogens is 2. The van der Waals surface area contributed by atoms with E-state index >= 15 is 0 Å². The molecule has 0 atom stereocenters. The number of nitrogens with two attached hydrogens (primary N) is 1. The molecule has 6 heteroatoms. The lowest BCUT2D eigenvalue weighted by atomic mass is 9.91. The molecule has 2 rings (SSSR count). The Morgan fingerprint density at radius 3 is 2.53 bits per heavy atom. The molecular formula is C9H14N4OS. The van der Waals surface area contributed by atoms with Gasteiger partial charge >= 0.3 is 0 Å². The van der Waals surface area contributed by atoms with Crippen LogP contribution in [0.1, 0.15) is 24.3 Å². The summed E-state index contributed by atoms with van der Waals surface area (Å²) in [6.07, 6.45) is 1.88. The summed E-state index contributed by atoms with van der Waals surface area (Å²) in [5.74, 6) is 0.650. The number of aromatic amines is 2. The summed E-state index contributed by atoms with van der Waals surface area (Å²) in [4.78, 5) is 17.1. The zero-order chi connectivity index (χ0) is 10.8. The van der Waals surface area contributed by atoms with Crippen molar-refractivity contribution < 1.29 is 0 Å². The van der Waals surface area contributed by atoms with Crippen molar-refractivity contribution in [1.82, 2.24) is 15.3 Å². The van der Waals surface area contributed by atoms with Gasteiger partial charge in [0.2, 0.25) is 0 Å². The number of anilines is 1. The molecule has 1 aromatic rings. The van der Waals surface area contributed by atoms with E-state index in [-0.39, 0.29) is 16.2 Å². The van der Waals surface area contributed by atoms with Crippen LogP contribution in [0.5, 0.6) is 0 Å². The zero-order valence-corrected chi connectivity index (χ0v) is 9.12. The Labute approximate surface area is 92.1 Å². The fourth-order valence-electron chi connectivity index (χ4n) is 2.03. The molecule has 15 heavy (non-hydrogen) atoms. The zero-order valence-electron chi connectivity index (χ0n) is 8.30. The van der Waals surface area contributed by atoms with E-state index in [0.29, 0.717) is 11.4 Å². The lowest BCUT2D eigenvalue weighted by Gasteiger charge is -2.22. The summed E-state index contributed by atoms with van der Waals surface area (Å²) in [6.45, 7) is 1.86. The van der Waals surface area contributed by atoms with Gasteiger partial charge in [-0.15, -0.1) is 0 Å². The Morgan fingerprint density at radius 1 is 1.27 bits per heavy atom. The molecule has 1 fully saturated rings. The standard InChI is InChI=1S/C9H14N4OS/c10-7-6(5-1-3-11-4-2-5)8(14)13-9(15)12-7/h5,11H,1-4H2,(H4,10,12,13,14,15). The highest BCUT2D eigenvalue weighted by molar-refractivity contribution is 7.71. The van der Waals surface area contributed by atoms with E-state index < -0.39 is 0 Å². The predicted molar refractivity (Wildman–Crippen MR) is 61.5 cm³/mol. The van der Waals surface area contributed by atoms with Gasteiger partial charge in [0.25, 0.3) is 5.56 Å². The van der Waals surface area contributed by atoms with E-state index in [1.165, 1.54) is 0 Å². The molecule has 0 saturated carbocycles. The van der Waals surface area contributed by atoms with Crippen LogP contribution >= 0.6 is 12.2 Å². The fourth-order valence-corrected chi connectivity index (χ4v) is 2.23. The summed E-state index contributed by atoms with van der Waals surface area (Å²) in [5.41, 5.74) is 6.30. The molecule has 0 aromatic carbocycles. The van der Waals surface area contributed by atoms with E-state index in [1.807, 2.05) is 0 Å². The van der Waals surface area contributed by atoms with Crippen LogP contribution in [0.3, 0.4) is 0 Å². The molecule has 1 saturated heterocycles. The van der Waals surface area contributed by atoms with E-state index in [1.54, 1.807) is 0 Å². The molecule has 0 aliphatic carbocycles. The van der Waals surface area contributed by atoms with Gasteiger partial charge < -0.3 is 16.0 Å². The molecule has 2 heterocycles. The SMILES string of the molecule is Nc1[nH]c(=S)[nH]c(=O)c1C1CCNCC1. The van der Waals surface area contributed by atoms with Crippen molar-refractivity contribution in [3.63, 3.8) is 0 Å². The van der Waals surface area contributed by atoms with Gasteiger partial charge in [0.1, 0.15) is 5.82 Å². The average Bonchev–Trinajstić information content (AvgIpc) is 2.17. The van der Waals surface area contributed by atoms with Crippen LogP contribution in [0.25, 0.3) is 0 Å². The third kappa shape index (κ3) is 2.10. The van der Waals surface area contributed by atoms with Crippen LogP contribution in [0, 0.1) is 4.77 Å². The van der Waals surface area contributed by atoms with Gasteiger partial charge in [0, 0.05) is 0 Å². The Bertz CT molecular complexity index is 458. The highest BCUT2D eigenvalue weighted by atomic mass is 32.1. The van der Waals surface area contributed by atoms with Crippen LogP contribution in [0.2, 0.25) is 0 Å². The van der Waals surface area contributed by atoms with Crippen molar-refractivity contribution in [2.45, 2.75) is 18.8 Å². The van der Waals surface area contributed by atoms with Gasteiger partial charge in [-0.05, 0) is 44.1 Å². The van der Waals surface area contributed by atoms with Gasteiger partial charge in [0.05, 0.1) is 5.56 Å².